The molecule has 0 radical (unpaired) electrons. The minimum absolute atomic E-state index is 0.228. The normalized spacial score (nSPS) is 11.0. The molecule has 2 N–H and O–H groups in total. The van der Waals surface area contributed by atoms with E-state index in [4.69, 9.17) is 17.3 Å². The van der Waals surface area contributed by atoms with E-state index in [1.165, 1.54) is 6.07 Å². The van der Waals surface area contributed by atoms with E-state index in [1.807, 2.05) is 31.2 Å². The Bertz CT molecular complexity index is 586. The van der Waals surface area contributed by atoms with Crippen LogP contribution in [-0.2, 0) is 13.1 Å². The summed E-state index contributed by atoms with van der Waals surface area (Å²) >= 11 is 5.92. The summed E-state index contributed by atoms with van der Waals surface area (Å²) in [5.74, 6) is -0.228. The van der Waals surface area contributed by atoms with Gasteiger partial charge in [0.05, 0.1) is 0 Å². The van der Waals surface area contributed by atoms with E-state index in [-0.39, 0.29) is 5.82 Å². The van der Waals surface area contributed by atoms with Gasteiger partial charge in [-0.05, 0) is 36.4 Å². The molecule has 0 spiro atoms. The summed E-state index contributed by atoms with van der Waals surface area (Å²) in [6, 6.07) is 12.4. The highest BCUT2D eigenvalue weighted by Gasteiger charge is 2.10. The lowest BCUT2D eigenvalue weighted by Gasteiger charge is -2.21. The number of rotatable bonds is 5. The van der Waals surface area contributed by atoms with Gasteiger partial charge in [0, 0.05) is 29.4 Å². The van der Waals surface area contributed by atoms with Crippen LogP contribution in [0.3, 0.4) is 0 Å². The quantitative estimate of drug-likeness (QED) is 0.841. The summed E-state index contributed by atoms with van der Waals surface area (Å²) in [5.41, 5.74) is 8.37. The van der Waals surface area contributed by atoms with Crippen molar-refractivity contribution in [2.24, 2.45) is 0 Å². The first-order chi connectivity index (χ1) is 9.60. The molecular weight excluding hydrogens is 275 g/mol. The van der Waals surface area contributed by atoms with Gasteiger partial charge in [-0.15, -0.1) is 0 Å². The highest BCUT2D eigenvalue weighted by Crippen LogP contribution is 2.19. The number of nitrogens with two attached hydrogens (primary N) is 1. The number of nitrogens with zero attached hydrogens (tertiary/aromatic N) is 1. The molecule has 0 aliphatic rings. The molecule has 0 saturated heterocycles. The first-order valence-electron chi connectivity index (χ1n) is 6.59. The number of halogens is 2. The Labute approximate surface area is 124 Å². The van der Waals surface area contributed by atoms with E-state index in [9.17, 15) is 4.39 Å². The fourth-order valence-corrected chi connectivity index (χ4v) is 2.30. The van der Waals surface area contributed by atoms with E-state index in [2.05, 4.69) is 4.90 Å². The van der Waals surface area contributed by atoms with Crippen molar-refractivity contribution in [3.63, 3.8) is 0 Å². The second-order valence-electron chi connectivity index (χ2n) is 4.74. The molecule has 0 bridgehead atoms. The lowest BCUT2D eigenvalue weighted by atomic mass is 10.1. The molecule has 2 aromatic carbocycles. The van der Waals surface area contributed by atoms with Gasteiger partial charge in [-0.1, -0.05) is 36.7 Å². The first-order valence-corrected chi connectivity index (χ1v) is 6.97. The van der Waals surface area contributed by atoms with E-state index < -0.39 is 0 Å². The zero-order valence-electron chi connectivity index (χ0n) is 11.4. The van der Waals surface area contributed by atoms with Crippen LogP contribution in [0.4, 0.5) is 10.1 Å². The first kappa shape index (κ1) is 14.8. The van der Waals surface area contributed by atoms with Gasteiger partial charge in [0.15, 0.2) is 0 Å². The zero-order valence-corrected chi connectivity index (χ0v) is 12.2. The molecule has 0 amide bonds. The van der Waals surface area contributed by atoms with Crippen LogP contribution in [0.2, 0.25) is 5.02 Å². The maximum absolute atomic E-state index is 13.8. The van der Waals surface area contributed by atoms with Crippen LogP contribution in [0.5, 0.6) is 0 Å². The fourth-order valence-electron chi connectivity index (χ4n) is 2.10. The summed E-state index contributed by atoms with van der Waals surface area (Å²) < 4.78 is 13.8. The van der Waals surface area contributed by atoms with Gasteiger partial charge in [0.2, 0.25) is 0 Å². The molecule has 0 aliphatic carbocycles. The topological polar surface area (TPSA) is 29.3 Å². The van der Waals surface area contributed by atoms with Crippen molar-refractivity contribution >= 4 is 17.3 Å². The summed E-state index contributed by atoms with van der Waals surface area (Å²) in [7, 11) is 0. The van der Waals surface area contributed by atoms with E-state index >= 15 is 0 Å². The second kappa shape index (κ2) is 6.73. The zero-order chi connectivity index (χ0) is 14.5. The van der Waals surface area contributed by atoms with Crippen LogP contribution in [0.25, 0.3) is 0 Å². The molecule has 4 heteroatoms. The van der Waals surface area contributed by atoms with Gasteiger partial charge in [-0.3, -0.25) is 4.90 Å². The Morgan fingerprint density at radius 3 is 2.50 bits per heavy atom. The van der Waals surface area contributed by atoms with Crippen LogP contribution in [0.15, 0.2) is 42.5 Å². The Morgan fingerprint density at radius 1 is 1.10 bits per heavy atom. The molecule has 20 heavy (non-hydrogen) atoms. The van der Waals surface area contributed by atoms with Crippen LogP contribution >= 0.6 is 11.6 Å². The molecule has 0 aliphatic heterocycles. The number of hydrogen-bond acceptors (Lipinski definition) is 2. The van der Waals surface area contributed by atoms with Crippen LogP contribution < -0.4 is 5.73 Å². The smallest absolute Gasteiger partial charge is 0.127 e. The van der Waals surface area contributed by atoms with E-state index in [0.717, 1.165) is 17.8 Å². The number of anilines is 1. The third-order valence-corrected chi connectivity index (χ3v) is 3.53. The molecular formula is C16H18ClFN2. The Morgan fingerprint density at radius 2 is 1.80 bits per heavy atom. The predicted molar refractivity (Wildman–Crippen MR) is 82.1 cm³/mol. The average molecular weight is 293 g/mol. The molecule has 0 fully saturated rings. The summed E-state index contributed by atoms with van der Waals surface area (Å²) in [5, 5.41) is 0.552. The summed E-state index contributed by atoms with van der Waals surface area (Å²) in [6.45, 7) is 4.05. The Kier molecular flexibility index (Phi) is 4.99. The molecule has 2 nitrogen and oxygen atoms in total. The monoisotopic (exact) mass is 292 g/mol. The lowest BCUT2D eigenvalue weighted by molar-refractivity contribution is 0.268. The van der Waals surface area contributed by atoms with Crippen molar-refractivity contribution in [1.29, 1.82) is 0 Å². The third kappa shape index (κ3) is 3.71. The van der Waals surface area contributed by atoms with Gasteiger partial charge in [0.1, 0.15) is 5.82 Å². The Hall–Kier alpha value is -1.58. The lowest BCUT2D eigenvalue weighted by Crippen LogP contribution is -2.23. The standard InChI is InChI=1S/C16H18ClFN2/c1-2-20(10-12-5-3-4-6-16(12)19)11-13-9-14(17)7-8-15(13)18/h3-9H,2,10-11,19H2,1H3. The van der Waals surface area contributed by atoms with Crippen LogP contribution in [0, 0.1) is 5.82 Å². The van der Waals surface area contributed by atoms with Crippen molar-refractivity contribution in [3.05, 3.63) is 64.4 Å². The maximum Gasteiger partial charge on any atom is 0.127 e. The molecule has 0 atom stereocenters. The largest absolute Gasteiger partial charge is 0.398 e. The molecule has 2 aromatic rings. The van der Waals surface area contributed by atoms with Gasteiger partial charge in [-0.25, -0.2) is 4.39 Å². The summed E-state index contributed by atoms with van der Waals surface area (Å²) in [4.78, 5) is 2.13. The van der Waals surface area contributed by atoms with Crippen molar-refractivity contribution < 1.29 is 4.39 Å². The van der Waals surface area contributed by atoms with E-state index in [1.54, 1.807) is 12.1 Å². The van der Waals surface area contributed by atoms with Crippen molar-refractivity contribution in [1.82, 2.24) is 4.90 Å². The van der Waals surface area contributed by atoms with Gasteiger partial charge in [-0.2, -0.15) is 0 Å². The predicted octanol–water partition coefficient (Wildman–Crippen LogP) is 4.08. The van der Waals surface area contributed by atoms with E-state index in [0.29, 0.717) is 23.7 Å². The number of para-hydroxylation sites is 1. The number of hydrogen-bond donors (Lipinski definition) is 1. The maximum atomic E-state index is 13.8. The Balaban J connectivity index is 2.13. The molecule has 0 heterocycles. The molecule has 2 rings (SSSR count). The van der Waals surface area contributed by atoms with Crippen LogP contribution in [0.1, 0.15) is 18.1 Å². The van der Waals surface area contributed by atoms with Crippen molar-refractivity contribution in [2.75, 3.05) is 12.3 Å². The van der Waals surface area contributed by atoms with Gasteiger partial charge in [0.25, 0.3) is 0 Å². The van der Waals surface area contributed by atoms with Crippen molar-refractivity contribution in [3.8, 4) is 0 Å². The average Bonchev–Trinajstić information content (AvgIpc) is 2.44. The number of nitrogen functional groups attached to an aromatic ring is 1. The molecule has 106 valence electrons. The second-order valence-corrected chi connectivity index (χ2v) is 5.17. The van der Waals surface area contributed by atoms with Gasteiger partial charge < -0.3 is 5.73 Å². The third-order valence-electron chi connectivity index (χ3n) is 3.30. The highest BCUT2D eigenvalue weighted by molar-refractivity contribution is 6.30. The molecule has 0 aromatic heterocycles. The summed E-state index contributed by atoms with van der Waals surface area (Å²) in [6.07, 6.45) is 0. The molecule has 0 unspecified atom stereocenters. The fraction of sp³-hybridized carbons (Fsp3) is 0.250. The van der Waals surface area contributed by atoms with Crippen molar-refractivity contribution in [2.45, 2.75) is 20.0 Å². The highest BCUT2D eigenvalue weighted by atomic mass is 35.5. The minimum atomic E-state index is -0.228. The minimum Gasteiger partial charge on any atom is -0.398 e. The number of benzene rings is 2. The SMILES string of the molecule is CCN(Cc1ccccc1N)Cc1cc(Cl)ccc1F. The van der Waals surface area contributed by atoms with Gasteiger partial charge >= 0.3 is 0 Å². The molecule has 0 saturated carbocycles. The van der Waals surface area contributed by atoms with Crippen LogP contribution in [-0.4, -0.2) is 11.4 Å².